The first-order valence-corrected chi connectivity index (χ1v) is 6.31. The van der Waals surface area contributed by atoms with Crippen molar-refractivity contribution < 1.29 is 10.0 Å². The Morgan fingerprint density at radius 1 is 1.14 bits per heavy atom. The van der Waals surface area contributed by atoms with Crippen molar-refractivity contribution in [3.63, 3.8) is 0 Å². The molecule has 0 unspecified atom stereocenters. The minimum Gasteiger partial charge on any atom is -0.386 e. The number of rotatable bonds is 5. The van der Waals surface area contributed by atoms with Crippen LogP contribution in [0.2, 0.25) is 0 Å². The highest BCUT2D eigenvalue weighted by molar-refractivity contribution is 5.52. The van der Waals surface area contributed by atoms with Crippen molar-refractivity contribution in [2.75, 3.05) is 10.9 Å². The highest BCUT2D eigenvalue weighted by Gasteiger charge is 2.15. The number of nitro benzene ring substituents is 1. The number of aliphatic hydroxyl groups is 1. The number of non-ortho nitro benzene ring substituents is 1. The minimum atomic E-state index is -0.933. The summed E-state index contributed by atoms with van der Waals surface area (Å²) in [5, 5.41) is 20.4. The third kappa shape index (κ3) is 3.90. The maximum absolute atomic E-state index is 10.5. The molecule has 0 aliphatic carbocycles. The van der Waals surface area contributed by atoms with E-state index in [1.165, 1.54) is 12.1 Å². The molecule has 0 saturated heterocycles. The topological polar surface area (TPSA) is 100 Å². The Hall–Kier alpha value is -2.67. The number of hydrogen-bond acceptors (Lipinski definition) is 6. The molecule has 3 N–H and O–H groups in total. The molecule has 0 radical (unpaired) electrons. The molecule has 2 aromatic rings. The molecule has 0 saturated carbocycles. The highest BCUT2D eigenvalue weighted by Crippen LogP contribution is 2.20. The van der Waals surface area contributed by atoms with Crippen LogP contribution in [-0.4, -0.2) is 15.0 Å². The fourth-order valence-electron chi connectivity index (χ4n) is 1.63. The van der Waals surface area contributed by atoms with Crippen molar-refractivity contribution in [3.05, 3.63) is 58.3 Å². The van der Waals surface area contributed by atoms with Gasteiger partial charge in [0.25, 0.3) is 5.69 Å². The Morgan fingerprint density at radius 2 is 1.81 bits per heavy atom. The Labute approximate surface area is 121 Å². The third-order valence-electron chi connectivity index (χ3n) is 2.88. The van der Waals surface area contributed by atoms with Gasteiger partial charge in [0.2, 0.25) is 0 Å². The van der Waals surface area contributed by atoms with Gasteiger partial charge in [0, 0.05) is 23.9 Å². The molecular formula is C14H16N4O3. The van der Waals surface area contributed by atoms with Crippen LogP contribution in [0.4, 0.5) is 17.2 Å². The van der Waals surface area contributed by atoms with E-state index in [-0.39, 0.29) is 5.69 Å². The van der Waals surface area contributed by atoms with E-state index < -0.39 is 10.5 Å². The summed E-state index contributed by atoms with van der Waals surface area (Å²) < 4.78 is 0. The van der Waals surface area contributed by atoms with Crippen LogP contribution in [0.5, 0.6) is 0 Å². The molecule has 0 bridgehead atoms. The van der Waals surface area contributed by atoms with Gasteiger partial charge < -0.3 is 5.11 Å². The summed E-state index contributed by atoms with van der Waals surface area (Å²) in [6.45, 7) is 3.37. The molecule has 0 aliphatic rings. The predicted octanol–water partition coefficient (Wildman–Crippen LogP) is 2.66. The summed E-state index contributed by atoms with van der Waals surface area (Å²) >= 11 is 0. The molecular weight excluding hydrogens is 272 g/mol. The highest BCUT2D eigenvalue weighted by atomic mass is 16.6. The van der Waals surface area contributed by atoms with E-state index in [0.717, 1.165) is 0 Å². The lowest BCUT2D eigenvalue weighted by molar-refractivity contribution is -0.384. The average Bonchev–Trinajstić information content (AvgIpc) is 2.45. The van der Waals surface area contributed by atoms with Gasteiger partial charge in [-0.1, -0.05) is 6.07 Å². The SMILES string of the molecule is CC(C)(O)c1ccc(NNc2ccc([N+](=O)[O-])cc2)nc1. The molecule has 0 aliphatic heterocycles. The van der Waals surface area contributed by atoms with E-state index in [9.17, 15) is 15.2 Å². The van der Waals surface area contributed by atoms with Gasteiger partial charge in [0.15, 0.2) is 0 Å². The summed E-state index contributed by atoms with van der Waals surface area (Å²) in [5.74, 6) is 0.571. The van der Waals surface area contributed by atoms with Gasteiger partial charge in [-0.15, -0.1) is 0 Å². The van der Waals surface area contributed by atoms with Gasteiger partial charge in [0.1, 0.15) is 5.82 Å². The first-order chi connectivity index (χ1) is 9.86. The molecule has 21 heavy (non-hydrogen) atoms. The number of benzene rings is 1. The number of aromatic nitrogens is 1. The number of nitrogens with zero attached hydrogens (tertiary/aromatic N) is 2. The third-order valence-corrected chi connectivity index (χ3v) is 2.88. The molecule has 0 fully saturated rings. The minimum absolute atomic E-state index is 0.0354. The second-order valence-electron chi connectivity index (χ2n) is 5.05. The average molecular weight is 288 g/mol. The van der Waals surface area contributed by atoms with Crippen molar-refractivity contribution in [1.82, 2.24) is 4.98 Å². The molecule has 1 heterocycles. The van der Waals surface area contributed by atoms with E-state index in [1.54, 1.807) is 44.3 Å². The zero-order chi connectivity index (χ0) is 15.5. The molecule has 7 nitrogen and oxygen atoms in total. The zero-order valence-corrected chi connectivity index (χ0v) is 11.7. The van der Waals surface area contributed by atoms with Crippen LogP contribution in [0, 0.1) is 10.1 Å². The monoisotopic (exact) mass is 288 g/mol. The molecule has 7 heteroatoms. The van der Waals surface area contributed by atoms with Crippen LogP contribution < -0.4 is 10.9 Å². The standard InChI is InChI=1S/C14H16N4O3/c1-14(2,19)10-3-8-13(15-9-10)17-16-11-4-6-12(7-5-11)18(20)21/h3-9,16,19H,1-2H3,(H,15,17). The van der Waals surface area contributed by atoms with Gasteiger partial charge in [0.05, 0.1) is 16.2 Å². The molecule has 0 atom stereocenters. The Morgan fingerprint density at radius 3 is 2.29 bits per heavy atom. The molecule has 0 amide bonds. The zero-order valence-electron chi connectivity index (χ0n) is 11.7. The smallest absolute Gasteiger partial charge is 0.269 e. The van der Waals surface area contributed by atoms with E-state index in [0.29, 0.717) is 17.1 Å². The van der Waals surface area contributed by atoms with Crippen molar-refractivity contribution >= 4 is 17.2 Å². The number of anilines is 2. The molecule has 2 rings (SSSR count). The Kier molecular flexibility index (Phi) is 4.04. The van der Waals surface area contributed by atoms with Crippen molar-refractivity contribution in [2.45, 2.75) is 19.4 Å². The first-order valence-electron chi connectivity index (χ1n) is 6.31. The van der Waals surface area contributed by atoms with E-state index >= 15 is 0 Å². The lowest BCUT2D eigenvalue weighted by Crippen LogP contribution is -2.16. The van der Waals surface area contributed by atoms with Crippen molar-refractivity contribution in [3.8, 4) is 0 Å². The predicted molar refractivity (Wildman–Crippen MR) is 79.8 cm³/mol. The van der Waals surface area contributed by atoms with Crippen LogP contribution >= 0.6 is 0 Å². The van der Waals surface area contributed by atoms with Gasteiger partial charge >= 0.3 is 0 Å². The van der Waals surface area contributed by atoms with E-state index in [2.05, 4.69) is 15.8 Å². The summed E-state index contributed by atoms with van der Waals surface area (Å²) in [7, 11) is 0. The molecule has 1 aromatic carbocycles. The summed E-state index contributed by atoms with van der Waals surface area (Å²) in [6, 6.07) is 9.51. The van der Waals surface area contributed by atoms with Gasteiger partial charge in [-0.3, -0.25) is 21.0 Å². The van der Waals surface area contributed by atoms with Gasteiger partial charge in [-0.05, 0) is 32.0 Å². The largest absolute Gasteiger partial charge is 0.386 e. The molecule has 1 aromatic heterocycles. The Balaban J connectivity index is 1.98. The van der Waals surface area contributed by atoms with Gasteiger partial charge in [-0.2, -0.15) is 0 Å². The lowest BCUT2D eigenvalue weighted by Gasteiger charge is -2.17. The number of hydrazine groups is 1. The number of nitrogens with one attached hydrogen (secondary N) is 2. The van der Waals surface area contributed by atoms with Gasteiger partial charge in [-0.25, -0.2) is 4.98 Å². The summed E-state index contributed by atoms with van der Waals surface area (Å²) in [4.78, 5) is 14.3. The molecule has 110 valence electrons. The Bertz CT molecular complexity index is 618. The number of pyridine rings is 1. The maximum atomic E-state index is 10.5. The van der Waals surface area contributed by atoms with Crippen LogP contribution in [0.25, 0.3) is 0 Å². The summed E-state index contributed by atoms with van der Waals surface area (Å²) in [6.07, 6.45) is 1.58. The van der Waals surface area contributed by atoms with Crippen LogP contribution in [0.15, 0.2) is 42.6 Å². The number of hydrogen-bond donors (Lipinski definition) is 3. The maximum Gasteiger partial charge on any atom is 0.269 e. The first kappa shape index (κ1) is 14.7. The van der Waals surface area contributed by atoms with Crippen molar-refractivity contribution in [2.24, 2.45) is 0 Å². The van der Waals surface area contributed by atoms with Crippen LogP contribution in [0.3, 0.4) is 0 Å². The van der Waals surface area contributed by atoms with Crippen LogP contribution in [-0.2, 0) is 5.60 Å². The second-order valence-corrected chi connectivity index (χ2v) is 5.05. The normalized spacial score (nSPS) is 11.0. The van der Waals surface area contributed by atoms with Crippen molar-refractivity contribution in [1.29, 1.82) is 0 Å². The number of nitro groups is 1. The van der Waals surface area contributed by atoms with E-state index in [1.807, 2.05) is 0 Å². The fraction of sp³-hybridized carbons (Fsp3) is 0.214. The summed E-state index contributed by atoms with van der Waals surface area (Å²) in [5.41, 5.74) is 6.25. The lowest BCUT2D eigenvalue weighted by atomic mass is 10.0. The quantitative estimate of drug-likeness (QED) is 0.577. The van der Waals surface area contributed by atoms with E-state index in [4.69, 9.17) is 0 Å². The van der Waals surface area contributed by atoms with Crippen LogP contribution in [0.1, 0.15) is 19.4 Å². The molecule has 0 spiro atoms. The second kappa shape index (κ2) is 5.76. The fourth-order valence-corrected chi connectivity index (χ4v) is 1.63.